The first-order chi connectivity index (χ1) is 5.77. The van der Waals surface area contributed by atoms with Gasteiger partial charge in [0.05, 0.1) is 0 Å². The Bertz CT molecular complexity index is 290. The second-order valence-electron chi connectivity index (χ2n) is 2.14. The Kier molecular flexibility index (Phi) is 5.31. The van der Waals surface area contributed by atoms with E-state index in [2.05, 4.69) is 10.2 Å². The number of terminal acetylenes is 1. The summed E-state index contributed by atoms with van der Waals surface area (Å²) in [4.78, 5) is 17.6. The highest BCUT2D eigenvalue weighted by atomic mass is 32.7. The van der Waals surface area contributed by atoms with E-state index >= 15 is 0 Å². The van der Waals surface area contributed by atoms with E-state index in [-0.39, 0.29) is 5.75 Å². The van der Waals surface area contributed by atoms with Crippen LogP contribution in [0.4, 0.5) is 0 Å². The molecule has 2 N–H and O–H groups in total. The summed E-state index contributed by atoms with van der Waals surface area (Å²) in [6.07, 6.45) is 5.21. The monoisotopic (exact) mass is 244 g/mol. The van der Waals surface area contributed by atoms with Gasteiger partial charge in [-0.25, -0.2) is 8.88 Å². The molecule has 0 spiro atoms. The maximum atomic E-state index is 11.0. The molecule has 0 aromatic carbocycles. The summed E-state index contributed by atoms with van der Waals surface area (Å²) in [7, 11) is -3.92. The highest BCUT2D eigenvalue weighted by Crippen LogP contribution is 2.65. The molecule has 0 aromatic heterocycles. The van der Waals surface area contributed by atoms with Crippen LogP contribution >= 0.6 is 25.8 Å². The third kappa shape index (κ3) is 8.58. The fraction of sp³-hybridized carbons (Fsp3) is 0.600. The molecule has 0 radical (unpaired) electrons. The average Bonchev–Trinajstić information content (AvgIpc) is 1.81. The van der Waals surface area contributed by atoms with E-state index in [1.54, 1.807) is 0 Å². The van der Waals surface area contributed by atoms with E-state index in [1.165, 1.54) is 0 Å². The van der Waals surface area contributed by atoms with Crippen LogP contribution in [-0.4, -0.2) is 22.2 Å². The third-order valence-corrected chi connectivity index (χ3v) is 5.63. The van der Waals surface area contributed by atoms with Crippen LogP contribution < -0.4 is 0 Å². The van der Waals surface area contributed by atoms with Crippen molar-refractivity contribution < 1.29 is 23.2 Å². The van der Waals surface area contributed by atoms with Crippen LogP contribution in [-0.2, 0) is 13.4 Å². The van der Waals surface area contributed by atoms with Gasteiger partial charge in [-0.05, 0) is 11.4 Å². The van der Waals surface area contributed by atoms with Gasteiger partial charge in [0.25, 0.3) is 0 Å². The molecule has 0 saturated carbocycles. The molecule has 2 atom stereocenters. The summed E-state index contributed by atoms with van der Waals surface area (Å²) in [5.41, 5.74) is 0. The quantitative estimate of drug-likeness (QED) is 0.435. The third-order valence-electron chi connectivity index (χ3n) is 0.756. The predicted molar refractivity (Wildman–Crippen MR) is 52.6 cm³/mol. The van der Waals surface area contributed by atoms with Crippen molar-refractivity contribution in [1.82, 2.24) is 0 Å². The van der Waals surface area contributed by atoms with Crippen molar-refractivity contribution in [2.45, 2.75) is 6.42 Å². The minimum Gasteiger partial charge on any atom is -0.324 e. The summed E-state index contributed by atoms with van der Waals surface area (Å²) in [5.74, 6) is 2.48. The normalized spacial score (nSPS) is 19.8. The zero-order valence-electron chi connectivity index (χ0n) is 6.91. The minimum atomic E-state index is -4.04. The highest BCUT2D eigenvalue weighted by Gasteiger charge is 2.28. The van der Waals surface area contributed by atoms with Gasteiger partial charge in [0.15, 0.2) is 0 Å². The van der Waals surface area contributed by atoms with Gasteiger partial charge in [-0.2, -0.15) is 0 Å². The lowest BCUT2D eigenvalue weighted by Gasteiger charge is -2.11. The van der Waals surface area contributed by atoms with Gasteiger partial charge in [0, 0.05) is 18.8 Å². The topological polar surface area (TPSA) is 83.8 Å². The Labute approximate surface area is 80.7 Å². The van der Waals surface area contributed by atoms with Crippen molar-refractivity contribution in [1.29, 1.82) is 0 Å². The first-order valence-corrected chi connectivity index (χ1v) is 8.38. The van der Waals surface area contributed by atoms with Crippen LogP contribution in [0.5, 0.6) is 0 Å². The number of rotatable bonds is 5. The Hall–Kier alpha value is 0.250. The van der Waals surface area contributed by atoms with Crippen LogP contribution in [0.1, 0.15) is 6.42 Å². The van der Waals surface area contributed by atoms with Gasteiger partial charge in [0.2, 0.25) is 0 Å². The van der Waals surface area contributed by atoms with Crippen LogP contribution in [0.3, 0.4) is 0 Å². The SMILES string of the molecule is C#CCCSP(=O)(O)OP(C)(=O)O. The zero-order chi connectivity index (χ0) is 10.5. The number of hydrogen-bond acceptors (Lipinski definition) is 4. The number of hydrogen-bond donors (Lipinski definition) is 2. The molecule has 76 valence electrons. The Morgan fingerprint density at radius 1 is 1.54 bits per heavy atom. The van der Waals surface area contributed by atoms with Gasteiger partial charge in [0.1, 0.15) is 0 Å². The fourth-order valence-electron chi connectivity index (χ4n) is 0.435. The molecule has 0 rings (SSSR count). The summed E-state index contributed by atoms with van der Waals surface area (Å²) >= 11 is 0.544. The molecular formula is C5H10O5P2S. The van der Waals surface area contributed by atoms with Crippen LogP contribution in [0.15, 0.2) is 0 Å². The largest absolute Gasteiger partial charge is 0.393 e. The molecular weight excluding hydrogens is 234 g/mol. The van der Waals surface area contributed by atoms with Gasteiger partial charge < -0.3 is 9.79 Å². The van der Waals surface area contributed by atoms with Crippen LogP contribution in [0.2, 0.25) is 0 Å². The lowest BCUT2D eigenvalue weighted by Crippen LogP contribution is -1.85. The summed E-state index contributed by atoms with van der Waals surface area (Å²) in [6, 6.07) is 0. The molecule has 13 heavy (non-hydrogen) atoms. The lowest BCUT2D eigenvalue weighted by molar-refractivity contribution is 0.351. The zero-order valence-corrected chi connectivity index (χ0v) is 9.52. The summed E-state index contributed by atoms with van der Waals surface area (Å²) < 4.78 is 25.7. The van der Waals surface area contributed by atoms with E-state index in [0.717, 1.165) is 6.66 Å². The molecule has 2 unspecified atom stereocenters. The van der Waals surface area contributed by atoms with Crippen LogP contribution in [0, 0.1) is 12.3 Å². The lowest BCUT2D eigenvalue weighted by atomic mass is 10.5. The molecule has 0 aliphatic heterocycles. The van der Waals surface area contributed by atoms with Crippen molar-refractivity contribution in [3.05, 3.63) is 0 Å². The van der Waals surface area contributed by atoms with E-state index in [1.807, 2.05) is 0 Å². The molecule has 0 heterocycles. The predicted octanol–water partition coefficient (Wildman–Crippen LogP) is 1.68. The maximum Gasteiger partial charge on any atom is 0.393 e. The average molecular weight is 244 g/mol. The van der Waals surface area contributed by atoms with E-state index in [9.17, 15) is 9.13 Å². The highest BCUT2D eigenvalue weighted by molar-refractivity contribution is 8.55. The van der Waals surface area contributed by atoms with Gasteiger partial charge in [-0.1, -0.05) is 0 Å². The minimum absolute atomic E-state index is 0.213. The van der Waals surface area contributed by atoms with Crippen molar-refractivity contribution in [2.75, 3.05) is 12.4 Å². The standard InChI is InChI=1S/C5H10O5P2S/c1-3-4-5-13-12(8,9)10-11(2,6)7/h1H,4-5H2,2H3,(H,6,7)(H,8,9). The Morgan fingerprint density at radius 3 is 2.46 bits per heavy atom. The molecule has 0 fully saturated rings. The smallest absolute Gasteiger partial charge is 0.324 e. The van der Waals surface area contributed by atoms with Gasteiger partial charge in [-0.15, -0.1) is 12.3 Å². The molecule has 0 amide bonds. The second kappa shape index (κ2) is 5.21. The van der Waals surface area contributed by atoms with Gasteiger partial charge >= 0.3 is 14.4 Å². The summed E-state index contributed by atoms with van der Waals surface area (Å²) in [5, 5.41) is 0. The molecule has 0 saturated heterocycles. The maximum absolute atomic E-state index is 11.0. The van der Waals surface area contributed by atoms with E-state index in [4.69, 9.17) is 16.2 Å². The first-order valence-electron chi connectivity index (χ1n) is 3.19. The van der Waals surface area contributed by atoms with Crippen LogP contribution in [0.25, 0.3) is 0 Å². The molecule has 0 aliphatic carbocycles. The first kappa shape index (κ1) is 13.2. The fourth-order valence-corrected chi connectivity index (χ4v) is 5.10. The van der Waals surface area contributed by atoms with E-state index in [0.29, 0.717) is 17.8 Å². The van der Waals surface area contributed by atoms with Crippen molar-refractivity contribution in [2.24, 2.45) is 0 Å². The molecule has 8 heteroatoms. The molecule has 5 nitrogen and oxygen atoms in total. The second-order valence-corrected chi connectivity index (χ2v) is 8.16. The molecule has 0 aliphatic rings. The van der Waals surface area contributed by atoms with Crippen molar-refractivity contribution in [3.8, 4) is 12.3 Å². The van der Waals surface area contributed by atoms with Gasteiger partial charge in [-0.3, -0.25) is 4.57 Å². The van der Waals surface area contributed by atoms with Crippen molar-refractivity contribution >= 4 is 25.8 Å². The Morgan fingerprint density at radius 2 is 2.08 bits per heavy atom. The molecule has 0 aromatic rings. The summed E-state index contributed by atoms with van der Waals surface area (Å²) in [6.45, 7) is -3.19. The van der Waals surface area contributed by atoms with E-state index < -0.39 is 14.4 Å². The Balaban J connectivity index is 4.04. The molecule has 0 bridgehead atoms. The van der Waals surface area contributed by atoms with Crippen molar-refractivity contribution in [3.63, 3.8) is 0 Å².